The minimum atomic E-state index is -1.35. The summed E-state index contributed by atoms with van der Waals surface area (Å²) in [7, 11) is -1.35. The third-order valence-electron chi connectivity index (χ3n) is 2.88. The van der Waals surface area contributed by atoms with Crippen LogP contribution in [0.5, 0.6) is 0 Å². The third kappa shape index (κ3) is 3.25. The molecule has 0 aromatic heterocycles. The zero-order chi connectivity index (χ0) is 13.3. The van der Waals surface area contributed by atoms with Crippen molar-refractivity contribution < 1.29 is 8.60 Å². The van der Waals surface area contributed by atoms with Crippen molar-refractivity contribution in [3.63, 3.8) is 0 Å². The highest BCUT2D eigenvalue weighted by molar-refractivity contribution is 7.85. The van der Waals surface area contributed by atoms with Crippen LogP contribution in [0.1, 0.15) is 50.7 Å². The standard InChI is InChI=1S/C14H18FNOS/c1-14(2,3)18(17)16-9-12-8-11(10-4-5-10)6-7-13(12)15/h6-10H,4-5H2,1-3H3. The van der Waals surface area contributed by atoms with E-state index in [9.17, 15) is 8.60 Å². The van der Waals surface area contributed by atoms with Crippen molar-refractivity contribution in [3.05, 3.63) is 35.1 Å². The Labute approximate surface area is 110 Å². The maximum absolute atomic E-state index is 13.6. The molecule has 1 aromatic rings. The van der Waals surface area contributed by atoms with E-state index in [4.69, 9.17) is 0 Å². The molecular weight excluding hydrogens is 249 g/mol. The van der Waals surface area contributed by atoms with E-state index < -0.39 is 15.7 Å². The van der Waals surface area contributed by atoms with Crippen LogP contribution < -0.4 is 0 Å². The molecule has 1 aromatic carbocycles. The highest BCUT2D eigenvalue weighted by atomic mass is 32.2. The van der Waals surface area contributed by atoms with Gasteiger partial charge in [0.15, 0.2) is 0 Å². The number of nitrogens with zero attached hydrogens (tertiary/aromatic N) is 1. The van der Waals surface area contributed by atoms with E-state index in [0.717, 1.165) is 5.56 Å². The quantitative estimate of drug-likeness (QED) is 0.770. The Hall–Kier alpha value is -1.03. The normalized spacial score (nSPS) is 18.2. The van der Waals surface area contributed by atoms with Crippen molar-refractivity contribution in [2.45, 2.75) is 44.3 Å². The van der Waals surface area contributed by atoms with E-state index in [2.05, 4.69) is 4.40 Å². The van der Waals surface area contributed by atoms with Gasteiger partial charge in [0.2, 0.25) is 0 Å². The summed E-state index contributed by atoms with van der Waals surface area (Å²) in [5.41, 5.74) is 1.58. The topological polar surface area (TPSA) is 29.4 Å². The molecule has 1 unspecified atom stereocenters. The van der Waals surface area contributed by atoms with Gasteiger partial charge in [0.25, 0.3) is 0 Å². The number of rotatable bonds is 3. The molecular formula is C14H18FNOS. The molecule has 18 heavy (non-hydrogen) atoms. The van der Waals surface area contributed by atoms with Crippen LogP contribution in [0.25, 0.3) is 0 Å². The zero-order valence-corrected chi connectivity index (χ0v) is 11.8. The Morgan fingerprint density at radius 3 is 2.61 bits per heavy atom. The molecule has 1 fully saturated rings. The molecule has 1 aliphatic rings. The van der Waals surface area contributed by atoms with Gasteiger partial charge in [-0.15, -0.1) is 0 Å². The Morgan fingerprint density at radius 2 is 2.06 bits per heavy atom. The van der Waals surface area contributed by atoms with Gasteiger partial charge < -0.3 is 0 Å². The Morgan fingerprint density at radius 1 is 1.39 bits per heavy atom. The van der Waals surface area contributed by atoms with E-state index in [1.807, 2.05) is 32.9 Å². The summed E-state index contributed by atoms with van der Waals surface area (Å²) >= 11 is 0. The molecule has 1 atom stereocenters. The first-order chi connectivity index (χ1) is 8.38. The van der Waals surface area contributed by atoms with Gasteiger partial charge in [-0.3, -0.25) is 0 Å². The summed E-state index contributed by atoms with van der Waals surface area (Å²) in [5.74, 6) is 0.264. The second-order valence-electron chi connectivity index (χ2n) is 5.65. The summed E-state index contributed by atoms with van der Waals surface area (Å²) < 4.78 is 28.9. The number of halogens is 1. The van der Waals surface area contributed by atoms with E-state index >= 15 is 0 Å². The fourth-order valence-corrected chi connectivity index (χ4v) is 2.12. The van der Waals surface area contributed by atoms with Crippen LogP contribution in [0, 0.1) is 5.82 Å². The van der Waals surface area contributed by atoms with Gasteiger partial charge in [0, 0.05) is 11.8 Å². The molecule has 0 spiro atoms. The monoisotopic (exact) mass is 267 g/mol. The third-order valence-corrected chi connectivity index (χ3v) is 4.22. The van der Waals surface area contributed by atoms with Gasteiger partial charge in [0.05, 0.1) is 4.75 Å². The summed E-state index contributed by atoms with van der Waals surface area (Å²) in [5, 5.41) is 0. The average Bonchev–Trinajstić information content (AvgIpc) is 3.10. The van der Waals surface area contributed by atoms with Gasteiger partial charge in [-0.2, -0.15) is 4.40 Å². The molecule has 0 aliphatic heterocycles. The molecule has 0 heterocycles. The molecule has 0 N–H and O–H groups in total. The lowest BCUT2D eigenvalue weighted by atomic mass is 10.1. The molecule has 4 heteroatoms. The minimum Gasteiger partial charge on any atom is -0.234 e. The summed E-state index contributed by atoms with van der Waals surface area (Å²) in [6.45, 7) is 5.53. The zero-order valence-electron chi connectivity index (χ0n) is 10.9. The molecule has 1 aliphatic carbocycles. The molecule has 1 saturated carbocycles. The van der Waals surface area contributed by atoms with Crippen LogP contribution in [0.4, 0.5) is 4.39 Å². The summed E-state index contributed by atoms with van der Waals surface area (Å²) in [4.78, 5) is 0. The summed E-state index contributed by atoms with van der Waals surface area (Å²) in [6, 6.07) is 5.11. The Kier molecular flexibility index (Phi) is 3.66. The van der Waals surface area contributed by atoms with Crippen molar-refractivity contribution >= 4 is 17.2 Å². The van der Waals surface area contributed by atoms with Crippen LogP contribution in [-0.2, 0) is 11.0 Å². The lowest BCUT2D eigenvalue weighted by molar-refractivity contribution is 0.625. The average molecular weight is 267 g/mol. The number of hydrogen-bond acceptors (Lipinski definition) is 1. The molecule has 2 rings (SSSR count). The van der Waals surface area contributed by atoms with E-state index in [1.54, 1.807) is 0 Å². The SMILES string of the molecule is CC(C)(C)S(=O)N=Cc1cc(C2CC2)ccc1F. The highest BCUT2D eigenvalue weighted by Gasteiger charge is 2.24. The van der Waals surface area contributed by atoms with Crippen molar-refractivity contribution in [1.82, 2.24) is 0 Å². The molecule has 0 bridgehead atoms. The maximum atomic E-state index is 13.6. The molecule has 0 radical (unpaired) electrons. The lowest BCUT2D eigenvalue weighted by Gasteiger charge is -2.12. The first kappa shape index (κ1) is 13.4. The molecule has 0 saturated heterocycles. The molecule has 98 valence electrons. The summed E-state index contributed by atoms with van der Waals surface area (Å²) in [6.07, 6.45) is 3.74. The second-order valence-corrected chi connectivity index (χ2v) is 7.59. The predicted molar refractivity (Wildman–Crippen MR) is 73.9 cm³/mol. The number of hydrogen-bond donors (Lipinski definition) is 0. The van der Waals surface area contributed by atoms with Gasteiger partial charge in [0.1, 0.15) is 16.8 Å². The maximum Gasteiger partial charge on any atom is 0.144 e. The van der Waals surface area contributed by atoms with E-state index in [1.165, 1.54) is 25.1 Å². The van der Waals surface area contributed by atoms with Crippen molar-refractivity contribution in [2.75, 3.05) is 0 Å². The van der Waals surface area contributed by atoms with Crippen LogP contribution >= 0.6 is 0 Å². The first-order valence-corrected chi connectivity index (χ1v) is 7.24. The lowest BCUT2D eigenvalue weighted by Crippen LogP contribution is -2.19. The van der Waals surface area contributed by atoms with Gasteiger partial charge >= 0.3 is 0 Å². The Bertz CT molecular complexity index is 501. The predicted octanol–water partition coefficient (Wildman–Crippen LogP) is 3.58. The smallest absolute Gasteiger partial charge is 0.144 e. The second kappa shape index (κ2) is 4.92. The fraction of sp³-hybridized carbons (Fsp3) is 0.500. The van der Waals surface area contributed by atoms with Crippen LogP contribution in [0.3, 0.4) is 0 Å². The highest BCUT2D eigenvalue weighted by Crippen LogP contribution is 2.40. The van der Waals surface area contributed by atoms with Crippen molar-refractivity contribution in [3.8, 4) is 0 Å². The fourth-order valence-electron chi connectivity index (χ4n) is 1.59. The largest absolute Gasteiger partial charge is 0.234 e. The molecule has 0 amide bonds. The first-order valence-electron chi connectivity index (χ1n) is 6.13. The van der Waals surface area contributed by atoms with E-state index in [-0.39, 0.29) is 5.82 Å². The van der Waals surface area contributed by atoms with Crippen molar-refractivity contribution in [1.29, 1.82) is 0 Å². The van der Waals surface area contributed by atoms with Crippen LogP contribution in [-0.4, -0.2) is 15.2 Å². The molecule has 2 nitrogen and oxygen atoms in total. The van der Waals surface area contributed by atoms with Gasteiger partial charge in [-0.25, -0.2) is 8.60 Å². The van der Waals surface area contributed by atoms with Crippen LogP contribution in [0.2, 0.25) is 0 Å². The van der Waals surface area contributed by atoms with Crippen LogP contribution in [0.15, 0.2) is 22.6 Å². The van der Waals surface area contributed by atoms with Crippen molar-refractivity contribution in [2.24, 2.45) is 4.40 Å². The Balaban J connectivity index is 2.20. The van der Waals surface area contributed by atoms with E-state index in [0.29, 0.717) is 11.5 Å². The number of benzene rings is 1. The van der Waals surface area contributed by atoms with Gasteiger partial charge in [-0.1, -0.05) is 6.07 Å². The van der Waals surface area contributed by atoms with Gasteiger partial charge in [-0.05, 0) is 57.2 Å². The minimum absolute atomic E-state index is 0.311.